The number of benzene rings is 2. The van der Waals surface area contributed by atoms with Crippen LogP contribution in [0.2, 0.25) is 0 Å². The van der Waals surface area contributed by atoms with Gasteiger partial charge in [-0.2, -0.15) is 0 Å². The minimum absolute atomic E-state index is 0.0618. The van der Waals surface area contributed by atoms with E-state index in [1.54, 1.807) is 17.8 Å². The Kier molecular flexibility index (Phi) is 6.26. The zero-order chi connectivity index (χ0) is 19.2. The molecule has 1 atom stereocenters. The lowest BCUT2D eigenvalue weighted by Gasteiger charge is -2.17. The van der Waals surface area contributed by atoms with Gasteiger partial charge in [-0.05, 0) is 43.5 Å². The first-order chi connectivity index (χ1) is 13.1. The lowest BCUT2D eigenvalue weighted by molar-refractivity contribution is -0.904. The standard InChI is InChI=1S/C20H22N4O2S/c1-3-24(13-19(25)21-14-7-6-8-15(11-14)27-2)12-18-22-17-10-5-4-9-16(17)20(26)23-18/h4-11H,3,12-13H2,1-2H3,(H,21,25)(H,22,23,26)/p+1. The molecule has 1 amide bonds. The molecule has 3 N–H and O–H groups in total. The number of amides is 1. The fourth-order valence-corrected chi connectivity index (χ4v) is 3.36. The first-order valence-electron chi connectivity index (χ1n) is 8.84. The highest BCUT2D eigenvalue weighted by molar-refractivity contribution is 7.98. The molecule has 0 saturated carbocycles. The van der Waals surface area contributed by atoms with E-state index in [0.29, 0.717) is 29.8 Å². The van der Waals surface area contributed by atoms with Gasteiger partial charge >= 0.3 is 0 Å². The largest absolute Gasteiger partial charge is 0.321 e. The number of hydrogen-bond donors (Lipinski definition) is 3. The van der Waals surface area contributed by atoms with Gasteiger partial charge in [0.05, 0.1) is 17.4 Å². The second kappa shape index (κ2) is 8.83. The molecular formula is C20H23N4O2S+. The van der Waals surface area contributed by atoms with Gasteiger partial charge in [-0.3, -0.25) is 9.59 Å². The topological polar surface area (TPSA) is 79.3 Å². The van der Waals surface area contributed by atoms with E-state index >= 15 is 0 Å². The fraction of sp³-hybridized carbons (Fsp3) is 0.250. The van der Waals surface area contributed by atoms with E-state index in [2.05, 4.69) is 15.3 Å². The van der Waals surface area contributed by atoms with E-state index in [4.69, 9.17) is 0 Å². The lowest BCUT2D eigenvalue weighted by atomic mass is 10.2. The van der Waals surface area contributed by atoms with Crippen molar-refractivity contribution in [3.63, 3.8) is 0 Å². The van der Waals surface area contributed by atoms with Crippen LogP contribution in [-0.2, 0) is 11.3 Å². The van der Waals surface area contributed by atoms with Gasteiger partial charge in [0.15, 0.2) is 12.4 Å². The molecule has 0 aliphatic carbocycles. The second-order valence-corrected chi connectivity index (χ2v) is 7.15. The summed E-state index contributed by atoms with van der Waals surface area (Å²) in [5, 5.41) is 3.52. The second-order valence-electron chi connectivity index (χ2n) is 6.27. The highest BCUT2D eigenvalue weighted by atomic mass is 32.2. The van der Waals surface area contributed by atoms with Crippen LogP contribution in [0.25, 0.3) is 10.9 Å². The van der Waals surface area contributed by atoms with Gasteiger partial charge in [-0.15, -0.1) is 11.8 Å². The lowest BCUT2D eigenvalue weighted by Crippen LogP contribution is -3.11. The monoisotopic (exact) mass is 383 g/mol. The van der Waals surface area contributed by atoms with Crippen LogP contribution in [0.15, 0.2) is 58.2 Å². The Morgan fingerprint density at radius 3 is 2.81 bits per heavy atom. The molecule has 2 aromatic carbocycles. The van der Waals surface area contributed by atoms with Crippen molar-refractivity contribution >= 4 is 34.3 Å². The minimum atomic E-state index is -0.149. The van der Waals surface area contributed by atoms with Gasteiger partial charge in [0.2, 0.25) is 0 Å². The Bertz CT molecular complexity index is 1000. The van der Waals surface area contributed by atoms with Gasteiger partial charge in [0, 0.05) is 10.6 Å². The number of quaternary nitrogens is 1. The number of nitrogens with zero attached hydrogens (tertiary/aromatic N) is 1. The number of aromatic nitrogens is 2. The average Bonchev–Trinajstić information content (AvgIpc) is 2.67. The normalized spacial score (nSPS) is 12.1. The summed E-state index contributed by atoms with van der Waals surface area (Å²) in [6.07, 6.45) is 2.00. The van der Waals surface area contributed by atoms with Gasteiger partial charge < -0.3 is 15.2 Å². The molecule has 140 valence electrons. The summed E-state index contributed by atoms with van der Waals surface area (Å²) in [5.41, 5.74) is 1.31. The number of fused-ring (bicyclic) bond motifs is 1. The summed E-state index contributed by atoms with van der Waals surface area (Å²) in [6, 6.07) is 15.0. The van der Waals surface area contributed by atoms with Crippen molar-refractivity contribution in [1.29, 1.82) is 0 Å². The predicted octanol–water partition coefficient (Wildman–Crippen LogP) is 1.69. The Balaban J connectivity index is 1.68. The maximum Gasteiger partial charge on any atom is 0.279 e. The number of carbonyl (C=O) groups is 1. The van der Waals surface area contributed by atoms with Gasteiger partial charge in [0.1, 0.15) is 6.54 Å². The number of aromatic amines is 1. The van der Waals surface area contributed by atoms with E-state index in [1.165, 1.54) is 0 Å². The fourth-order valence-electron chi connectivity index (χ4n) is 2.90. The van der Waals surface area contributed by atoms with Crippen LogP contribution in [0, 0.1) is 0 Å². The first-order valence-corrected chi connectivity index (χ1v) is 10.1. The van der Waals surface area contributed by atoms with Crippen LogP contribution < -0.4 is 15.8 Å². The predicted molar refractivity (Wildman–Crippen MR) is 109 cm³/mol. The number of thioether (sulfide) groups is 1. The Morgan fingerprint density at radius 1 is 1.22 bits per heavy atom. The summed E-state index contributed by atoms with van der Waals surface area (Å²) < 4.78 is 0. The van der Waals surface area contributed by atoms with E-state index in [0.717, 1.165) is 22.0 Å². The third kappa shape index (κ3) is 4.96. The third-order valence-electron chi connectivity index (χ3n) is 4.34. The highest BCUT2D eigenvalue weighted by Crippen LogP contribution is 2.18. The van der Waals surface area contributed by atoms with Gasteiger partial charge in [0.25, 0.3) is 11.5 Å². The molecule has 1 heterocycles. The van der Waals surface area contributed by atoms with Crippen LogP contribution in [0.4, 0.5) is 5.69 Å². The molecular weight excluding hydrogens is 360 g/mol. The highest BCUT2D eigenvalue weighted by Gasteiger charge is 2.15. The van der Waals surface area contributed by atoms with Crippen molar-refractivity contribution in [3.8, 4) is 0 Å². The van der Waals surface area contributed by atoms with Crippen LogP contribution in [0.3, 0.4) is 0 Å². The molecule has 0 radical (unpaired) electrons. The number of anilines is 1. The molecule has 3 rings (SSSR count). The van der Waals surface area contributed by atoms with Crippen LogP contribution in [0.1, 0.15) is 12.7 Å². The van der Waals surface area contributed by atoms with Crippen molar-refractivity contribution < 1.29 is 9.69 Å². The molecule has 7 heteroatoms. The van der Waals surface area contributed by atoms with Crippen LogP contribution >= 0.6 is 11.8 Å². The maximum atomic E-state index is 12.4. The van der Waals surface area contributed by atoms with Gasteiger partial charge in [-0.25, -0.2) is 4.98 Å². The molecule has 0 fully saturated rings. The maximum absolute atomic E-state index is 12.4. The van der Waals surface area contributed by atoms with E-state index in [1.807, 2.05) is 55.6 Å². The summed E-state index contributed by atoms with van der Waals surface area (Å²) >= 11 is 1.63. The van der Waals surface area contributed by atoms with E-state index in [9.17, 15) is 9.59 Å². The number of hydrogen-bond acceptors (Lipinski definition) is 4. The molecule has 1 aromatic heterocycles. The summed E-state index contributed by atoms with van der Waals surface area (Å²) in [4.78, 5) is 34.1. The number of para-hydroxylation sites is 1. The summed E-state index contributed by atoms with van der Waals surface area (Å²) in [5.74, 6) is 0.529. The molecule has 0 aliphatic heterocycles. The average molecular weight is 383 g/mol. The summed E-state index contributed by atoms with van der Waals surface area (Å²) in [6.45, 7) is 3.54. The first kappa shape index (κ1) is 19.1. The summed E-state index contributed by atoms with van der Waals surface area (Å²) in [7, 11) is 0. The minimum Gasteiger partial charge on any atom is -0.321 e. The molecule has 1 unspecified atom stereocenters. The van der Waals surface area contributed by atoms with Gasteiger partial charge in [-0.1, -0.05) is 18.2 Å². The number of rotatable bonds is 7. The smallest absolute Gasteiger partial charge is 0.279 e. The Labute approximate surface area is 162 Å². The molecule has 0 spiro atoms. The SMILES string of the molecule is CC[NH+](CC(=O)Nc1cccc(SC)c1)Cc1nc2ccccc2c(=O)[nH]1. The zero-order valence-corrected chi connectivity index (χ0v) is 16.2. The quantitative estimate of drug-likeness (QED) is 0.543. The van der Waals surface area contributed by atoms with Crippen molar-refractivity contribution in [2.45, 2.75) is 18.4 Å². The molecule has 0 bridgehead atoms. The zero-order valence-electron chi connectivity index (χ0n) is 15.4. The number of carbonyl (C=O) groups excluding carboxylic acids is 1. The molecule has 0 saturated heterocycles. The molecule has 6 nitrogen and oxygen atoms in total. The van der Waals surface area contributed by atoms with Crippen LogP contribution in [0.5, 0.6) is 0 Å². The molecule has 27 heavy (non-hydrogen) atoms. The van der Waals surface area contributed by atoms with Crippen molar-refractivity contribution in [2.24, 2.45) is 0 Å². The number of H-pyrrole nitrogens is 1. The Hall–Kier alpha value is -2.64. The third-order valence-corrected chi connectivity index (χ3v) is 5.07. The Morgan fingerprint density at radius 2 is 2.04 bits per heavy atom. The number of nitrogens with one attached hydrogen (secondary N) is 3. The van der Waals surface area contributed by atoms with Crippen molar-refractivity contribution in [2.75, 3.05) is 24.7 Å². The molecule has 0 aliphatic rings. The van der Waals surface area contributed by atoms with Crippen LogP contribution in [-0.4, -0.2) is 35.2 Å². The number of likely N-dealkylation sites (N-methyl/N-ethyl adjacent to an activating group) is 1. The van der Waals surface area contributed by atoms with E-state index in [-0.39, 0.29) is 11.5 Å². The van der Waals surface area contributed by atoms with E-state index < -0.39 is 0 Å². The molecule has 3 aromatic rings. The van der Waals surface area contributed by atoms with Crippen molar-refractivity contribution in [1.82, 2.24) is 9.97 Å². The van der Waals surface area contributed by atoms with Crippen molar-refractivity contribution in [3.05, 3.63) is 64.7 Å².